The zero-order valence-corrected chi connectivity index (χ0v) is 17.6. The van der Waals surface area contributed by atoms with E-state index in [0.717, 1.165) is 12.0 Å². The number of nitrogens with zero attached hydrogens (tertiary/aromatic N) is 3. The normalized spacial score (nSPS) is 16.6. The number of rotatable bonds is 6. The molecular formula is C21H27N3O4S. The summed E-state index contributed by atoms with van der Waals surface area (Å²) in [5, 5.41) is 0. The Labute approximate surface area is 171 Å². The fourth-order valence-corrected chi connectivity index (χ4v) is 4.79. The van der Waals surface area contributed by atoms with E-state index in [4.69, 9.17) is 0 Å². The van der Waals surface area contributed by atoms with Gasteiger partial charge < -0.3 is 9.47 Å². The molecule has 29 heavy (non-hydrogen) atoms. The van der Waals surface area contributed by atoms with Gasteiger partial charge in [0.1, 0.15) is 6.54 Å². The average molecular weight is 418 g/mol. The number of piperazine rings is 1. The molecule has 0 N–H and O–H groups in total. The molecule has 1 aliphatic heterocycles. The molecule has 0 unspecified atom stereocenters. The molecule has 1 atom stereocenters. The van der Waals surface area contributed by atoms with Crippen LogP contribution in [0.3, 0.4) is 0 Å². The highest BCUT2D eigenvalue weighted by Crippen LogP contribution is 2.23. The predicted octanol–water partition coefficient (Wildman–Crippen LogP) is 1.89. The number of carbonyl (C=O) groups is 1. The lowest BCUT2D eigenvalue weighted by atomic mass is 9.99. The Hall–Kier alpha value is -2.45. The minimum Gasteiger partial charge on any atom is -0.339 e. The quantitative estimate of drug-likeness (QED) is 0.719. The van der Waals surface area contributed by atoms with Gasteiger partial charge in [0.05, 0.1) is 4.90 Å². The van der Waals surface area contributed by atoms with E-state index in [9.17, 15) is 18.0 Å². The fourth-order valence-electron chi connectivity index (χ4n) is 3.37. The Kier molecular flexibility index (Phi) is 6.54. The number of sulfonamides is 1. The van der Waals surface area contributed by atoms with E-state index in [1.54, 1.807) is 35.4 Å². The molecule has 0 radical (unpaired) electrons. The van der Waals surface area contributed by atoms with E-state index < -0.39 is 10.0 Å². The Morgan fingerprint density at radius 2 is 1.69 bits per heavy atom. The van der Waals surface area contributed by atoms with Crippen LogP contribution < -0.4 is 5.56 Å². The number of hydrogen-bond donors (Lipinski definition) is 0. The van der Waals surface area contributed by atoms with Crippen LogP contribution in [-0.2, 0) is 21.4 Å². The molecule has 1 fully saturated rings. The van der Waals surface area contributed by atoms with Gasteiger partial charge >= 0.3 is 0 Å². The van der Waals surface area contributed by atoms with Crippen LogP contribution in [0, 0.1) is 0 Å². The van der Waals surface area contributed by atoms with Crippen molar-refractivity contribution in [3.05, 3.63) is 64.6 Å². The SMILES string of the molecule is CC[C@H](C)c1ccc(S(=O)(=O)N2CCN(C(=O)Cn3ccccc3=O)CC2)cc1. The minimum atomic E-state index is -3.59. The molecule has 1 amide bonds. The van der Waals surface area contributed by atoms with Gasteiger partial charge in [-0.1, -0.05) is 32.0 Å². The molecule has 0 saturated carbocycles. The maximum Gasteiger partial charge on any atom is 0.250 e. The molecule has 3 rings (SSSR count). The zero-order valence-electron chi connectivity index (χ0n) is 16.8. The van der Waals surface area contributed by atoms with Gasteiger partial charge in [0.25, 0.3) is 5.56 Å². The lowest BCUT2D eigenvalue weighted by molar-refractivity contribution is -0.133. The minimum absolute atomic E-state index is 0.0382. The largest absolute Gasteiger partial charge is 0.339 e. The molecule has 1 aromatic heterocycles. The summed E-state index contributed by atoms with van der Waals surface area (Å²) in [5.74, 6) is 0.201. The highest BCUT2D eigenvalue weighted by atomic mass is 32.2. The average Bonchev–Trinajstić information content (AvgIpc) is 2.75. The molecule has 2 aromatic rings. The summed E-state index contributed by atoms with van der Waals surface area (Å²) >= 11 is 0. The molecule has 0 spiro atoms. The molecular weight excluding hydrogens is 390 g/mol. The lowest BCUT2D eigenvalue weighted by Gasteiger charge is -2.34. The van der Waals surface area contributed by atoms with Gasteiger partial charge in [0.2, 0.25) is 15.9 Å². The summed E-state index contributed by atoms with van der Waals surface area (Å²) in [4.78, 5) is 26.1. The highest BCUT2D eigenvalue weighted by Gasteiger charge is 2.30. The summed E-state index contributed by atoms with van der Waals surface area (Å²) in [5.41, 5.74) is 0.890. The Morgan fingerprint density at radius 3 is 2.28 bits per heavy atom. The summed E-state index contributed by atoms with van der Waals surface area (Å²) in [7, 11) is -3.59. The Bertz CT molecular complexity index is 1010. The lowest BCUT2D eigenvalue weighted by Crippen LogP contribution is -2.51. The van der Waals surface area contributed by atoms with E-state index in [1.165, 1.54) is 14.9 Å². The molecule has 1 aliphatic rings. The van der Waals surface area contributed by atoms with Gasteiger partial charge in [-0.15, -0.1) is 0 Å². The Morgan fingerprint density at radius 1 is 1.03 bits per heavy atom. The predicted molar refractivity (Wildman–Crippen MR) is 111 cm³/mol. The first-order valence-corrected chi connectivity index (χ1v) is 11.3. The molecule has 156 valence electrons. The van der Waals surface area contributed by atoms with Crippen molar-refractivity contribution in [3.8, 4) is 0 Å². The van der Waals surface area contributed by atoms with Gasteiger partial charge in [0.15, 0.2) is 0 Å². The van der Waals surface area contributed by atoms with Crippen LogP contribution in [0.1, 0.15) is 31.7 Å². The fraction of sp³-hybridized carbons (Fsp3) is 0.429. The standard InChI is InChI=1S/C21H27N3O4S/c1-3-17(2)18-7-9-19(10-8-18)29(27,28)24-14-12-22(13-15-24)21(26)16-23-11-5-4-6-20(23)25/h4-11,17H,3,12-16H2,1-2H3/t17-/m0/s1. The third-order valence-electron chi connectivity index (χ3n) is 5.50. The van der Waals surface area contributed by atoms with Crippen LogP contribution in [0.2, 0.25) is 0 Å². The van der Waals surface area contributed by atoms with Crippen molar-refractivity contribution in [3.63, 3.8) is 0 Å². The van der Waals surface area contributed by atoms with E-state index in [1.807, 2.05) is 12.1 Å². The second-order valence-corrected chi connectivity index (χ2v) is 9.27. The molecule has 0 bridgehead atoms. The summed E-state index contributed by atoms with van der Waals surface area (Å²) in [6.07, 6.45) is 2.57. The summed E-state index contributed by atoms with van der Waals surface area (Å²) in [6.45, 7) is 5.28. The van der Waals surface area contributed by atoms with Crippen molar-refractivity contribution in [2.75, 3.05) is 26.2 Å². The van der Waals surface area contributed by atoms with Gasteiger partial charge in [-0.05, 0) is 36.1 Å². The van der Waals surface area contributed by atoms with Gasteiger partial charge in [-0.25, -0.2) is 8.42 Å². The monoisotopic (exact) mass is 417 g/mol. The third kappa shape index (κ3) is 4.76. The number of amides is 1. The first-order valence-electron chi connectivity index (χ1n) is 9.86. The van der Waals surface area contributed by atoms with Crippen molar-refractivity contribution in [2.24, 2.45) is 0 Å². The molecule has 1 aromatic carbocycles. The smallest absolute Gasteiger partial charge is 0.250 e. The second kappa shape index (κ2) is 8.92. The van der Waals surface area contributed by atoms with Crippen molar-refractivity contribution in [2.45, 2.75) is 37.6 Å². The van der Waals surface area contributed by atoms with Gasteiger partial charge in [0, 0.05) is 38.4 Å². The van der Waals surface area contributed by atoms with Crippen LogP contribution in [0.5, 0.6) is 0 Å². The van der Waals surface area contributed by atoms with Crippen LogP contribution in [0.25, 0.3) is 0 Å². The molecule has 0 aliphatic carbocycles. The third-order valence-corrected chi connectivity index (χ3v) is 7.41. The van der Waals surface area contributed by atoms with E-state index in [-0.39, 0.29) is 36.0 Å². The van der Waals surface area contributed by atoms with Crippen molar-refractivity contribution >= 4 is 15.9 Å². The summed E-state index contributed by atoms with van der Waals surface area (Å²) in [6, 6.07) is 11.8. The highest BCUT2D eigenvalue weighted by molar-refractivity contribution is 7.89. The van der Waals surface area contributed by atoms with E-state index in [0.29, 0.717) is 19.0 Å². The van der Waals surface area contributed by atoms with Crippen LogP contribution >= 0.6 is 0 Å². The second-order valence-electron chi connectivity index (χ2n) is 7.33. The number of benzene rings is 1. The van der Waals surface area contributed by atoms with Crippen molar-refractivity contribution < 1.29 is 13.2 Å². The maximum absolute atomic E-state index is 12.9. The first kappa shape index (κ1) is 21.3. The number of pyridine rings is 1. The van der Waals surface area contributed by atoms with Crippen molar-refractivity contribution in [1.29, 1.82) is 0 Å². The van der Waals surface area contributed by atoms with Crippen LogP contribution in [-0.4, -0.2) is 54.3 Å². The molecule has 7 nitrogen and oxygen atoms in total. The molecule has 2 heterocycles. The van der Waals surface area contributed by atoms with Crippen LogP contribution in [0.15, 0.2) is 58.4 Å². The summed E-state index contributed by atoms with van der Waals surface area (Å²) < 4.78 is 28.6. The maximum atomic E-state index is 12.9. The van der Waals surface area contributed by atoms with E-state index >= 15 is 0 Å². The van der Waals surface area contributed by atoms with E-state index in [2.05, 4.69) is 13.8 Å². The van der Waals surface area contributed by atoms with Crippen LogP contribution in [0.4, 0.5) is 0 Å². The zero-order chi connectivity index (χ0) is 21.0. The number of carbonyl (C=O) groups excluding carboxylic acids is 1. The first-order chi connectivity index (χ1) is 13.8. The Balaban J connectivity index is 1.62. The number of aromatic nitrogens is 1. The van der Waals surface area contributed by atoms with Gasteiger partial charge in [-0.3, -0.25) is 9.59 Å². The topological polar surface area (TPSA) is 79.7 Å². The van der Waals surface area contributed by atoms with Crippen molar-refractivity contribution in [1.82, 2.24) is 13.8 Å². The molecule has 8 heteroatoms. The van der Waals surface area contributed by atoms with Gasteiger partial charge in [-0.2, -0.15) is 4.31 Å². The molecule has 1 saturated heterocycles. The number of hydrogen-bond acceptors (Lipinski definition) is 4.